The number of unbranched alkanes of at least 4 members (excludes halogenated alkanes) is 24. The molecule has 1 rings (SSSR count). The summed E-state index contributed by atoms with van der Waals surface area (Å²) in [5.41, 5.74) is 2.29. The molecule has 0 amide bonds. The lowest BCUT2D eigenvalue weighted by Gasteiger charge is -2.27. The van der Waals surface area contributed by atoms with Gasteiger partial charge in [-0.3, -0.25) is 4.79 Å². The van der Waals surface area contributed by atoms with Crippen LogP contribution in [0.15, 0.2) is 24.3 Å². The monoisotopic (exact) mass is 639 g/mol. The van der Waals surface area contributed by atoms with Crippen LogP contribution in [-0.4, -0.2) is 44.2 Å². The summed E-state index contributed by atoms with van der Waals surface area (Å²) in [6, 6.07) is 0. The van der Waals surface area contributed by atoms with Gasteiger partial charge in [0.05, 0.1) is 0 Å². The van der Waals surface area contributed by atoms with Crippen molar-refractivity contribution in [2.75, 3.05) is 0 Å². The average molecular weight is 640 g/mol. The Hall–Kier alpha value is -0.780. The van der Waals surface area contributed by atoms with E-state index < -0.39 is 36.0 Å². The molecule has 1 saturated heterocycles. The van der Waals surface area contributed by atoms with E-state index in [2.05, 4.69) is 13.8 Å². The fourth-order valence-electron chi connectivity index (χ4n) is 6.00. The first-order valence-corrected chi connectivity index (χ1v) is 20.4. The second-order valence-corrected chi connectivity index (χ2v) is 16.3. The number of rotatable bonds is 31. The molecule has 1 fully saturated rings. The summed E-state index contributed by atoms with van der Waals surface area (Å²) in [4.78, 5) is 13.1. The Morgan fingerprint density at radius 3 is 1.34 bits per heavy atom. The van der Waals surface area contributed by atoms with E-state index in [0.717, 1.165) is 38.5 Å². The standard InChI is InChI=1S/C37H70NO5P/c1-3-5-7-9-11-13-15-17-19-21-23-25-27-29-31-33(39)37(42,36(41)44(43)34(38)35(44)40)32-30-28-26-24-22-20-18-16-14-12-10-8-6-4-2/h29-35,39-40,42H,3-28,38H2,1-2H3/b31-29+,32-30+. The van der Waals surface area contributed by atoms with Gasteiger partial charge in [-0.25, -0.2) is 0 Å². The molecule has 0 aliphatic carbocycles. The van der Waals surface area contributed by atoms with Crippen LogP contribution in [0.5, 0.6) is 0 Å². The van der Waals surface area contributed by atoms with Crippen molar-refractivity contribution in [3.05, 3.63) is 24.3 Å². The SMILES string of the molecule is CCCCCCCCCCCCCC/C=C/C(O)C(O)(/C=C/CCCCCCCCCCCCCC)C(=O)P1(=O)C(N)C1O. The van der Waals surface area contributed by atoms with E-state index in [-0.39, 0.29) is 0 Å². The van der Waals surface area contributed by atoms with Crippen LogP contribution in [0.4, 0.5) is 0 Å². The third kappa shape index (κ3) is 16.2. The molecule has 0 spiro atoms. The van der Waals surface area contributed by atoms with Gasteiger partial charge in [0.25, 0.3) is 0 Å². The van der Waals surface area contributed by atoms with E-state index in [4.69, 9.17) is 5.73 Å². The number of carbonyl (C=O) groups excluding carboxylic acids is 1. The molecule has 5 atom stereocenters. The van der Waals surface area contributed by atoms with Crippen molar-refractivity contribution in [1.29, 1.82) is 0 Å². The molecule has 258 valence electrons. The van der Waals surface area contributed by atoms with E-state index in [1.165, 1.54) is 134 Å². The van der Waals surface area contributed by atoms with Crippen molar-refractivity contribution < 1.29 is 24.7 Å². The van der Waals surface area contributed by atoms with E-state index >= 15 is 0 Å². The lowest BCUT2D eigenvalue weighted by Crippen LogP contribution is -2.46. The molecule has 5 N–H and O–H groups in total. The first-order valence-electron chi connectivity index (χ1n) is 18.6. The van der Waals surface area contributed by atoms with E-state index in [9.17, 15) is 24.7 Å². The summed E-state index contributed by atoms with van der Waals surface area (Å²) in [6.45, 7) is 4.50. The summed E-state index contributed by atoms with van der Waals surface area (Å²) in [5, 5.41) is 32.1. The van der Waals surface area contributed by atoms with Crippen LogP contribution in [-0.2, 0) is 9.36 Å². The maximum absolute atomic E-state index is 13.1. The third-order valence-electron chi connectivity index (χ3n) is 9.30. The Balaban J connectivity index is 2.36. The number of carbonyl (C=O) groups is 1. The minimum absolute atomic E-state index is 0.654. The second-order valence-electron chi connectivity index (χ2n) is 13.4. The molecule has 0 radical (unpaired) electrons. The van der Waals surface area contributed by atoms with Gasteiger partial charge in [0.1, 0.15) is 17.7 Å². The highest BCUT2D eigenvalue weighted by Gasteiger charge is 2.69. The van der Waals surface area contributed by atoms with Crippen molar-refractivity contribution in [1.82, 2.24) is 0 Å². The van der Waals surface area contributed by atoms with Gasteiger partial charge in [-0.1, -0.05) is 173 Å². The van der Waals surface area contributed by atoms with E-state index in [1.807, 2.05) is 0 Å². The number of hydrogen-bond donors (Lipinski definition) is 4. The van der Waals surface area contributed by atoms with Crippen LogP contribution in [0, 0.1) is 0 Å². The zero-order chi connectivity index (χ0) is 32.5. The molecular weight excluding hydrogens is 569 g/mol. The molecule has 1 heterocycles. The summed E-state index contributed by atoms with van der Waals surface area (Å²) < 4.78 is 12.9. The number of aliphatic hydroxyl groups excluding tert-OH is 2. The van der Waals surface area contributed by atoms with Gasteiger partial charge in [-0.05, 0) is 31.8 Å². The zero-order valence-corrected chi connectivity index (χ0v) is 29.5. The van der Waals surface area contributed by atoms with E-state index in [0.29, 0.717) is 6.42 Å². The molecule has 0 bridgehead atoms. The Labute approximate surface area is 271 Å². The zero-order valence-electron chi connectivity index (χ0n) is 28.6. The minimum atomic E-state index is -3.83. The minimum Gasteiger partial charge on any atom is -0.385 e. The van der Waals surface area contributed by atoms with Gasteiger partial charge in [-0.15, -0.1) is 0 Å². The highest BCUT2D eigenvalue weighted by atomic mass is 31.2. The van der Waals surface area contributed by atoms with Gasteiger partial charge in [0.2, 0.25) is 12.7 Å². The van der Waals surface area contributed by atoms with Crippen LogP contribution in [0.2, 0.25) is 0 Å². The Kier molecular flexibility index (Phi) is 23.7. The van der Waals surface area contributed by atoms with Crippen molar-refractivity contribution in [2.45, 2.75) is 204 Å². The molecule has 0 saturated carbocycles. The maximum Gasteiger partial charge on any atom is 0.233 e. The molecule has 1 aliphatic heterocycles. The average Bonchev–Trinajstić information content (AvgIpc) is 3.51. The lowest BCUT2D eigenvalue weighted by molar-refractivity contribution is -0.131. The van der Waals surface area contributed by atoms with Crippen LogP contribution < -0.4 is 5.73 Å². The Morgan fingerprint density at radius 1 is 0.682 bits per heavy atom. The Bertz CT molecular complexity index is 819. The fourth-order valence-corrected chi connectivity index (χ4v) is 8.29. The highest BCUT2D eigenvalue weighted by Crippen LogP contribution is 2.72. The summed E-state index contributed by atoms with van der Waals surface area (Å²) in [7, 11) is -3.83. The molecule has 7 heteroatoms. The van der Waals surface area contributed by atoms with Gasteiger partial charge >= 0.3 is 0 Å². The molecular formula is C37H70NO5P. The highest BCUT2D eigenvalue weighted by molar-refractivity contribution is 7.88. The first kappa shape index (κ1) is 41.2. The number of aliphatic hydroxyl groups is 3. The van der Waals surface area contributed by atoms with E-state index in [1.54, 1.807) is 12.2 Å². The van der Waals surface area contributed by atoms with Crippen molar-refractivity contribution in [3.63, 3.8) is 0 Å². The number of allylic oxidation sites excluding steroid dienone is 2. The summed E-state index contributed by atoms with van der Waals surface area (Å²) in [5.74, 6) is -2.60. The van der Waals surface area contributed by atoms with Crippen LogP contribution in [0.1, 0.15) is 181 Å². The molecule has 0 aromatic rings. The normalized spacial score (nSPS) is 22.1. The largest absolute Gasteiger partial charge is 0.385 e. The molecule has 5 unspecified atom stereocenters. The fraction of sp³-hybridized carbons (Fsp3) is 0.865. The van der Waals surface area contributed by atoms with Gasteiger partial charge < -0.3 is 25.6 Å². The van der Waals surface area contributed by atoms with Crippen LogP contribution in [0.25, 0.3) is 0 Å². The Morgan fingerprint density at radius 2 is 1.00 bits per heavy atom. The van der Waals surface area contributed by atoms with Crippen LogP contribution >= 0.6 is 7.14 Å². The molecule has 0 aromatic carbocycles. The number of hydrogen-bond acceptors (Lipinski definition) is 6. The number of nitrogens with two attached hydrogens (primary N) is 1. The van der Waals surface area contributed by atoms with Crippen molar-refractivity contribution in [2.24, 2.45) is 5.73 Å². The maximum atomic E-state index is 13.1. The molecule has 6 nitrogen and oxygen atoms in total. The predicted octanol–water partition coefficient (Wildman–Crippen LogP) is 9.88. The van der Waals surface area contributed by atoms with Crippen molar-refractivity contribution in [3.8, 4) is 0 Å². The van der Waals surface area contributed by atoms with Crippen LogP contribution in [0.3, 0.4) is 0 Å². The molecule has 44 heavy (non-hydrogen) atoms. The first-order chi connectivity index (χ1) is 21.3. The molecule has 0 aromatic heterocycles. The second kappa shape index (κ2) is 25.3. The summed E-state index contributed by atoms with van der Waals surface area (Å²) >= 11 is 0. The summed E-state index contributed by atoms with van der Waals surface area (Å²) in [6.07, 6.45) is 36.3. The molecule has 1 aliphatic rings. The quantitative estimate of drug-likeness (QED) is 0.0340. The smallest absolute Gasteiger partial charge is 0.233 e. The van der Waals surface area contributed by atoms with Gasteiger partial charge in [0, 0.05) is 0 Å². The van der Waals surface area contributed by atoms with Gasteiger partial charge in [0.15, 0.2) is 5.60 Å². The third-order valence-corrected chi connectivity index (χ3v) is 12.2. The lowest BCUT2D eigenvalue weighted by atomic mass is 9.95. The van der Waals surface area contributed by atoms with Crippen molar-refractivity contribution >= 4 is 12.7 Å². The van der Waals surface area contributed by atoms with Gasteiger partial charge in [-0.2, -0.15) is 0 Å². The topological polar surface area (TPSA) is 121 Å². The predicted molar refractivity (Wildman–Crippen MR) is 187 cm³/mol.